The Bertz CT molecular complexity index is 368. The van der Waals surface area contributed by atoms with Crippen molar-refractivity contribution in [2.75, 3.05) is 6.61 Å². The van der Waals surface area contributed by atoms with Gasteiger partial charge in [-0.25, -0.2) is 4.79 Å². The first kappa shape index (κ1) is 11.6. The standard InChI is InChI=1S/C13H18O2S/c1-2-3-8-15-13(14)11-9-16-12-7-5-4-6-10(11)12/h9H,2-8H2,1H3. The van der Waals surface area contributed by atoms with Crippen LogP contribution in [0.2, 0.25) is 0 Å². The maximum absolute atomic E-state index is 11.8. The van der Waals surface area contributed by atoms with E-state index in [0.717, 1.165) is 31.2 Å². The molecule has 16 heavy (non-hydrogen) atoms. The Kier molecular flexibility index (Phi) is 3.99. The van der Waals surface area contributed by atoms with E-state index in [1.54, 1.807) is 11.3 Å². The second-order valence-electron chi connectivity index (χ2n) is 4.25. The van der Waals surface area contributed by atoms with Crippen LogP contribution in [0.1, 0.15) is 53.4 Å². The summed E-state index contributed by atoms with van der Waals surface area (Å²) in [6.45, 7) is 2.65. The van der Waals surface area contributed by atoms with Crippen LogP contribution in [0.15, 0.2) is 5.38 Å². The first-order valence-corrected chi connectivity index (χ1v) is 6.97. The number of rotatable bonds is 4. The zero-order valence-electron chi connectivity index (χ0n) is 9.75. The molecule has 2 nitrogen and oxygen atoms in total. The smallest absolute Gasteiger partial charge is 0.339 e. The highest BCUT2D eigenvalue weighted by Crippen LogP contribution is 2.30. The highest BCUT2D eigenvalue weighted by molar-refractivity contribution is 7.10. The number of esters is 1. The van der Waals surface area contributed by atoms with Crippen molar-refractivity contribution in [1.29, 1.82) is 0 Å². The molecule has 3 heteroatoms. The molecular formula is C13H18O2S. The number of aryl methyl sites for hydroxylation is 1. The molecule has 1 heterocycles. The van der Waals surface area contributed by atoms with Crippen molar-refractivity contribution < 1.29 is 9.53 Å². The molecule has 0 aromatic carbocycles. The summed E-state index contributed by atoms with van der Waals surface area (Å²) >= 11 is 1.72. The van der Waals surface area contributed by atoms with Gasteiger partial charge in [-0.1, -0.05) is 13.3 Å². The summed E-state index contributed by atoms with van der Waals surface area (Å²) in [5.74, 6) is -0.118. The summed E-state index contributed by atoms with van der Waals surface area (Å²) in [7, 11) is 0. The van der Waals surface area contributed by atoms with E-state index < -0.39 is 0 Å². The number of ether oxygens (including phenoxy) is 1. The van der Waals surface area contributed by atoms with E-state index in [4.69, 9.17) is 4.74 Å². The first-order valence-electron chi connectivity index (χ1n) is 6.09. The summed E-state index contributed by atoms with van der Waals surface area (Å²) in [6.07, 6.45) is 6.68. The minimum Gasteiger partial charge on any atom is -0.462 e. The Labute approximate surface area is 101 Å². The molecule has 1 aliphatic carbocycles. The number of carbonyl (C=O) groups is 1. The Morgan fingerprint density at radius 2 is 2.25 bits per heavy atom. The van der Waals surface area contributed by atoms with Gasteiger partial charge in [0.15, 0.2) is 0 Å². The average Bonchev–Trinajstić information content (AvgIpc) is 2.73. The summed E-state index contributed by atoms with van der Waals surface area (Å²) in [6, 6.07) is 0. The second-order valence-corrected chi connectivity index (χ2v) is 5.21. The molecule has 0 unspecified atom stereocenters. The minimum atomic E-state index is -0.118. The van der Waals surface area contributed by atoms with Crippen LogP contribution in [0.4, 0.5) is 0 Å². The minimum absolute atomic E-state index is 0.118. The van der Waals surface area contributed by atoms with Crippen LogP contribution in [0.5, 0.6) is 0 Å². The third kappa shape index (κ3) is 2.46. The van der Waals surface area contributed by atoms with Gasteiger partial charge >= 0.3 is 5.97 Å². The maximum atomic E-state index is 11.8. The number of hydrogen-bond donors (Lipinski definition) is 0. The molecule has 0 aliphatic heterocycles. The number of carbonyl (C=O) groups excluding carboxylic acids is 1. The SMILES string of the molecule is CCCCOC(=O)c1csc2c1CCCC2. The van der Waals surface area contributed by atoms with Gasteiger partial charge in [-0.05, 0) is 37.7 Å². The quantitative estimate of drug-likeness (QED) is 0.592. The van der Waals surface area contributed by atoms with E-state index in [9.17, 15) is 4.79 Å². The van der Waals surface area contributed by atoms with Crippen LogP contribution in [0, 0.1) is 0 Å². The molecule has 0 spiro atoms. The highest BCUT2D eigenvalue weighted by atomic mass is 32.1. The lowest BCUT2D eigenvalue weighted by atomic mass is 9.96. The third-order valence-electron chi connectivity index (χ3n) is 3.01. The van der Waals surface area contributed by atoms with Crippen LogP contribution in [0.3, 0.4) is 0 Å². The molecule has 1 aromatic heterocycles. The molecule has 0 saturated carbocycles. The summed E-state index contributed by atoms with van der Waals surface area (Å²) < 4.78 is 5.26. The predicted molar refractivity (Wildman–Crippen MR) is 66.2 cm³/mol. The van der Waals surface area contributed by atoms with Crippen molar-refractivity contribution in [3.63, 3.8) is 0 Å². The highest BCUT2D eigenvalue weighted by Gasteiger charge is 2.20. The molecule has 1 aliphatic rings. The van der Waals surface area contributed by atoms with Crippen molar-refractivity contribution >= 4 is 17.3 Å². The number of unbranched alkanes of at least 4 members (excludes halogenated alkanes) is 1. The van der Waals surface area contributed by atoms with E-state index in [2.05, 4.69) is 6.92 Å². The van der Waals surface area contributed by atoms with Crippen LogP contribution in [-0.4, -0.2) is 12.6 Å². The van der Waals surface area contributed by atoms with Crippen molar-refractivity contribution in [2.24, 2.45) is 0 Å². The Hall–Kier alpha value is -0.830. The molecule has 1 aromatic rings. The van der Waals surface area contributed by atoms with Crippen LogP contribution in [-0.2, 0) is 17.6 Å². The number of fused-ring (bicyclic) bond motifs is 1. The van der Waals surface area contributed by atoms with Gasteiger partial charge < -0.3 is 4.74 Å². The average molecular weight is 238 g/mol. The van der Waals surface area contributed by atoms with E-state index >= 15 is 0 Å². The van der Waals surface area contributed by atoms with E-state index in [1.807, 2.05) is 5.38 Å². The monoisotopic (exact) mass is 238 g/mol. The molecule has 0 bridgehead atoms. The molecule has 88 valence electrons. The Morgan fingerprint density at radius 3 is 3.06 bits per heavy atom. The number of hydrogen-bond acceptors (Lipinski definition) is 3. The van der Waals surface area contributed by atoms with E-state index in [0.29, 0.717) is 6.61 Å². The molecule has 0 fully saturated rings. The van der Waals surface area contributed by atoms with Crippen molar-refractivity contribution in [3.8, 4) is 0 Å². The second kappa shape index (κ2) is 5.48. The summed E-state index contributed by atoms with van der Waals surface area (Å²) in [4.78, 5) is 13.2. The fraction of sp³-hybridized carbons (Fsp3) is 0.615. The van der Waals surface area contributed by atoms with Crippen LogP contribution < -0.4 is 0 Å². The largest absolute Gasteiger partial charge is 0.462 e. The van der Waals surface area contributed by atoms with Gasteiger partial charge in [0.25, 0.3) is 0 Å². The van der Waals surface area contributed by atoms with Crippen molar-refractivity contribution in [2.45, 2.75) is 45.4 Å². The molecule has 0 N–H and O–H groups in total. The van der Waals surface area contributed by atoms with Gasteiger partial charge in [-0.15, -0.1) is 11.3 Å². The molecule has 0 atom stereocenters. The van der Waals surface area contributed by atoms with Crippen LogP contribution >= 0.6 is 11.3 Å². The predicted octanol–water partition coefficient (Wildman–Crippen LogP) is 3.58. The topological polar surface area (TPSA) is 26.3 Å². The first-order chi connectivity index (χ1) is 7.83. The molecule has 0 radical (unpaired) electrons. The molecule has 0 saturated heterocycles. The lowest BCUT2D eigenvalue weighted by Crippen LogP contribution is -2.10. The fourth-order valence-electron chi connectivity index (χ4n) is 2.05. The third-order valence-corrected chi connectivity index (χ3v) is 4.10. The van der Waals surface area contributed by atoms with Gasteiger partial charge in [0.05, 0.1) is 12.2 Å². The van der Waals surface area contributed by atoms with E-state index in [-0.39, 0.29) is 5.97 Å². The van der Waals surface area contributed by atoms with Gasteiger partial charge in [-0.2, -0.15) is 0 Å². The summed E-state index contributed by atoms with van der Waals surface area (Å²) in [5.41, 5.74) is 2.09. The van der Waals surface area contributed by atoms with Crippen LogP contribution in [0.25, 0.3) is 0 Å². The van der Waals surface area contributed by atoms with Gasteiger partial charge in [0.1, 0.15) is 0 Å². The fourth-order valence-corrected chi connectivity index (χ4v) is 3.17. The Balaban J connectivity index is 2.03. The Morgan fingerprint density at radius 1 is 1.44 bits per heavy atom. The molecular weight excluding hydrogens is 220 g/mol. The van der Waals surface area contributed by atoms with Gasteiger partial charge in [-0.3, -0.25) is 0 Å². The van der Waals surface area contributed by atoms with Gasteiger partial charge in [0.2, 0.25) is 0 Å². The van der Waals surface area contributed by atoms with Crippen molar-refractivity contribution in [3.05, 3.63) is 21.4 Å². The van der Waals surface area contributed by atoms with Gasteiger partial charge in [0, 0.05) is 10.3 Å². The lowest BCUT2D eigenvalue weighted by molar-refractivity contribution is 0.0499. The number of thiophene rings is 1. The lowest BCUT2D eigenvalue weighted by Gasteiger charge is -2.12. The summed E-state index contributed by atoms with van der Waals surface area (Å²) in [5, 5.41) is 1.98. The molecule has 2 rings (SSSR count). The zero-order chi connectivity index (χ0) is 11.4. The van der Waals surface area contributed by atoms with Crippen molar-refractivity contribution in [1.82, 2.24) is 0 Å². The normalized spacial score (nSPS) is 14.6. The maximum Gasteiger partial charge on any atom is 0.339 e. The zero-order valence-corrected chi connectivity index (χ0v) is 10.6. The van der Waals surface area contributed by atoms with E-state index in [1.165, 1.54) is 23.3 Å². The molecule has 0 amide bonds.